The Morgan fingerprint density at radius 3 is 2.67 bits per heavy atom. The van der Waals surface area contributed by atoms with Crippen molar-refractivity contribution < 1.29 is 13.2 Å². The number of piperazine rings is 1. The maximum atomic E-state index is 12.2. The first-order valence-corrected chi connectivity index (χ1v) is 9.69. The first-order valence-electron chi connectivity index (χ1n) is 7.84. The van der Waals surface area contributed by atoms with E-state index in [-0.39, 0.29) is 5.91 Å². The number of sulfonamides is 1. The van der Waals surface area contributed by atoms with E-state index in [0.29, 0.717) is 45.0 Å². The van der Waals surface area contributed by atoms with Gasteiger partial charge in [-0.3, -0.25) is 14.8 Å². The van der Waals surface area contributed by atoms with Crippen molar-refractivity contribution >= 4 is 26.8 Å². The number of aromatic amines is 1. The van der Waals surface area contributed by atoms with Gasteiger partial charge in [0.05, 0.1) is 11.8 Å². The fourth-order valence-electron chi connectivity index (χ4n) is 2.83. The third kappa shape index (κ3) is 3.74. The Bertz CT molecular complexity index is 825. The van der Waals surface area contributed by atoms with E-state index < -0.39 is 10.0 Å². The number of fused-ring (bicyclic) bond motifs is 1. The van der Waals surface area contributed by atoms with Gasteiger partial charge < -0.3 is 5.32 Å². The van der Waals surface area contributed by atoms with Crippen LogP contribution in [0.3, 0.4) is 0 Å². The quantitative estimate of drug-likeness (QED) is 0.782. The van der Waals surface area contributed by atoms with Gasteiger partial charge in [0.15, 0.2) is 5.69 Å². The number of H-pyrrole nitrogens is 1. The van der Waals surface area contributed by atoms with Crippen molar-refractivity contribution in [1.82, 2.24) is 24.7 Å². The molecule has 0 atom stereocenters. The van der Waals surface area contributed by atoms with Gasteiger partial charge >= 0.3 is 0 Å². The molecule has 0 saturated carbocycles. The van der Waals surface area contributed by atoms with Gasteiger partial charge in [0.1, 0.15) is 0 Å². The molecule has 8 nitrogen and oxygen atoms in total. The lowest BCUT2D eigenvalue weighted by atomic mass is 10.2. The van der Waals surface area contributed by atoms with Crippen molar-refractivity contribution in [3.05, 3.63) is 30.0 Å². The number of para-hydroxylation sites is 1. The Balaban J connectivity index is 1.48. The van der Waals surface area contributed by atoms with E-state index in [2.05, 4.69) is 20.4 Å². The third-order valence-electron chi connectivity index (χ3n) is 4.20. The minimum Gasteiger partial charge on any atom is -0.349 e. The van der Waals surface area contributed by atoms with E-state index in [1.54, 1.807) is 0 Å². The van der Waals surface area contributed by atoms with Gasteiger partial charge in [-0.05, 0) is 6.07 Å². The first kappa shape index (κ1) is 16.9. The summed E-state index contributed by atoms with van der Waals surface area (Å²) in [5, 5.41) is 10.6. The second kappa shape index (κ2) is 6.88. The van der Waals surface area contributed by atoms with Crippen LogP contribution < -0.4 is 5.32 Å². The zero-order chi connectivity index (χ0) is 17.2. The predicted octanol–water partition coefficient (Wildman–Crippen LogP) is -0.130. The van der Waals surface area contributed by atoms with Crippen molar-refractivity contribution in [3.8, 4) is 0 Å². The lowest BCUT2D eigenvalue weighted by Crippen LogP contribution is -2.49. The fraction of sp³-hybridized carbons (Fsp3) is 0.467. The minimum absolute atomic E-state index is 0.206. The number of carbonyl (C=O) groups excluding carboxylic acids is 1. The molecule has 1 fully saturated rings. The summed E-state index contributed by atoms with van der Waals surface area (Å²) in [5.74, 6) is -0.206. The Morgan fingerprint density at radius 1 is 1.25 bits per heavy atom. The molecule has 2 aromatic rings. The molecule has 0 bridgehead atoms. The molecule has 2 N–H and O–H groups in total. The van der Waals surface area contributed by atoms with Gasteiger partial charge in [-0.1, -0.05) is 18.2 Å². The number of nitrogens with zero attached hydrogens (tertiary/aromatic N) is 3. The normalized spacial score (nSPS) is 17.2. The summed E-state index contributed by atoms with van der Waals surface area (Å²) in [7, 11) is -3.11. The number of aromatic nitrogens is 2. The van der Waals surface area contributed by atoms with Crippen LogP contribution in [0.2, 0.25) is 0 Å². The second-order valence-electron chi connectivity index (χ2n) is 5.88. The molecule has 9 heteroatoms. The highest BCUT2D eigenvalue weighted by atomic mass is 32.2. The molecule has 0 spiro atoms. The number of hydrogen-bond acceptors (Lipinski definition) is 5. The number of carbonyl (C=O) groups is 1. The van der Waals surface area contributed by atoms with E-state index in [1.807, 2.05) is 24.3 Å². The van der Waals surface area contributed by atoms with E-state index in [9.17, 15) is 13.2 Å². The van der Waals surface area contributed by atoms with Crippen molar-refractivity contribution in [3.63, 3.8) is 0 Å². The molecule has 24 heavy (non-hydrogen) atoms. The average Bonchev–Trinajstić information content (AvgIpc) is 2.98. The van der Waals surface area contributed by atoms with Gasteiger partial charge in [-0.2, -0.15) is 9.40 Å². The Labute approximate surface area is 140 Å². The van der Waals surface area contributed by atoms with Gasteiger partial charge in [0.25, 0.3) is 5.91 Å². The fourth-order valence-corrected chi connectivity index (χ4v) is 3.66. The highest BCUT2D eigenvalue weighted by molar-refractivity contribution is 7.88. The molecule has 1 aromatic heterocycles. The molecule has 130 valence electrons. The van der Waals surface area contributed by atoms with Crippen LogP contribution in [0.4, 0.5) is 0 Å². The zero-order valence-electron chi connectivity index (χ0n) is 13.5. The molecule has 1 aromatic carbocycles. The van der Waals surface area contributed by atoms with Crippen LogP contribution in [-0.2, 0) is 10.0 Å². The summed E-state index contributed by atoms with van der Waals surface area (Å²) in [5.41, 5.74) is 1.23. The van der Waals surface area contributed by atoms with Crippen molar-refractivity contribution in [1.29, 1.82) is 0 Å². The van der Waals surface area contributed by atoms with Gasteiger partial charge in [-0.15, -0.1) is 0 Å². The summed E-state index contributed by atoms with van der Waals surface area (Å²) >= 11 is 0. The summed E-state index contributed by atoms with van der Waals surface area (Å²) in [6.45, 7) is 3.53. The third-order valence-corrected chi connectivity index (χ3v) is 5.50. The van der Waals surface area contributed by atoms with Crippen molar-refractivity contribution in [2.24, 2.45) is 0 Å². The van der Waals surface area contributed by atoms with Crippen LogP contribution in [0, 0.1) is 0 Å². The summed E-state index contributed by atoms with van der Waals surface area (Å²) < 4.78 is 24.4. The SMILES string of the molecule is CS(=O)(=O)N1CCN(CCNC(=O)c2n[nH]c3ccccc23)CC1. The van der Waals surface area contributed by atoms with Gasteiger partial charge in [0, 0.05) is 44.7 Å². The van der Waals surface area contributed by atoms with Crippen molar-refractivity contribution in [2.75, 3.05) is 45.5 Å². The summed E-state index contributed by atoms with van der Waals surface area (Å²) in [6, 6.07) is 7.49. The van der Waals surface area contributed by atoms with E-state index in [1.165, 1.54) is 10.6 Å². The number of benzene rings is 1. The van der Waals surface area contributed by atoms with Crippen LogP contribution in [0.15, 0.2) is 24.3 Å². The molecular weight excluding hydrogens is 330 g/mol. The molecule has 0 unspecified atom stereocenters. The molecule has 1 aliphatic heterocycles. The molecular formula is C15H21N5O3S. The Hall–Kier alpha value is -1.97. The maximum Gasteiger partial charge on any atom is 0.272 e. The lowest BCUT2D eigenvalue weighted by Gasteiger charge is -2.33. The highest BCUT2D eigenvalue weighted by Gasteiger charge is 2.23. The molecule has 0 aliphatic carbocycles. The standard InChI is InChI=1S/C15H21N5O3S/c1-24(22,23)20-10-8-19(9-11-20)7-6-16-15(21)14-12-4-2-3-5-13(12)17-18-14/h2-5H,6-11H2,1H3,(H,16,21)(H,17,18). The van der Waals surface area contributed by atoms with Crippen LogP contribution in [-0.4, -0.2) is 79.3 Å². The van der Waals surface area contributed by atoms with Crippen molar-refractivity contribution in [2.45, 2.75) is 0 Å². The smallest absolute Gasteiger partial charge is 0.272 e. The average molecular weight is 351 g/mol. The van der Waals surface area contributed by atoms with E-state index >= 15 is 0 Å². The molecule has 0 radical (unpaired) electrons. The summed E-state index contributed by atoms with van der Waals surface area (Å²) in [4.78, 5) is 14.4. The molecule has 1 saturated heterocycles. The second-order valence-corrected chi connectivity index (χ2v) is 7.86. The maximum absolute atomic E-state index is 12.2. The molecule has 2 heterocycles. The van der Waals surface area contributed by atoms with Gasteiger partial charge in [-0.25, -0.2) is 8.42 Å². The predicted molar refractivity (Wildman–Crippen MR) is 91.3 cm³/mol. The Kier molecular flexibility index (Phi) is 4.83. The monoisotopic (exact) mass is 351 g/mol. The first-order chi connectivity index (χ1) is 11.4. The van der Waals surface area contributed by atoms with Crippen LogP contribution in [0.5, 0.6) is 0 Å². The number of amides is 1. The van der Waals surface area contributed by atoms with Crippen LogP contribution >= 0.6 is 0 Å². The summed E-state index contributed by atoms with van der Waals surface area (Å²) in [6.07, 6.45) is 1.23. The van der Waals surface area contributed by atoms with Gasteiger partial charge in [0.2, 0.25) is 10.0 Å². The van der Waals surface area contributed by atoms with Crippen LogP contribution in [0.25, 0.3) is 10.9 Å². The number of hydrogen-bond donors (Lipinski definition) is 2. The number of nitrogens with one attached hydrogen (secondary N) is 2. The minimum atomic E-state index is -3.11. The molecule has 3 rings (SSSR count). The Morgan fingerprint density at radius 2 is 1.96 bits per heavy atom. The van der Waals surface area contributed by atoms with E-state index in [0.717, 1.165) is 10.9 Å². The molecule has 1 aliphatic rings. The molecule has 1 amide bonds. The highest BCUT2D eigenvalue weighted by Crippen LogP contribution is 2.14. The zero-order valence-corrected chi connectivity index (χ0v) is 14.3. The lowest BCUT2D eigenvalue weighted by molar-refractivity contribution is 0.0941. The largest absolute Gasteiger partial charge is 0.349 e. The van der Waals surface area contributed by atoms with E-state index in [4.69, 9.17) is 0 Å². The topological polar surface area (TPSA) is 98.4 Å². The number of rotatable bonds is 5. The van der Waals surface area contributed by atoms with Crippen LogP contribution in [0.1, 0.15) is 10.5 Å².